The lowest BCUT2D eigenvalue weighted by atomic mass is 10.3. The van der Waals surface area contributed by atoms with Gasteiger partial charge < -0.3 is 4.98 Å². The SMILES string of the molecule is Cc1cc(-c2nc3nc(Cl)c(Cl)cc3[nH]2)sc1Br. The van der Waals surface area contributed by atoms with E-state index in [1.54, 1.807) is 17.4 Å². The van der Waals surface area contributed by atoms with E-state index in [-0.39, 0.29) is 5.15 Å². The highest BCUT2D eigenvalue weighted by Gasteiger charge is 2.12. The van der Waals surface area contributed by atoms with Crippen molar-refractivity contribution in [2.45, 2.75) is 6.92 Å². The summed E-state index contributed by atoms with van der Waals surface area (Å²) in [5.41, 5.74) is 2.53. The van der Waals surface area contributed by atoms with Gasteiger partial charge >= 0.3 is 0 Å². The van der Waals surface area contributed by atoms with Crippen LogP contribution >= 0.6 is 50.5 Å². The molecule has 3 aromatic rings. The number of aromatic nitrogens is 3. The summed E-state index contributed by atoms with van der Waals surface area (Å²) >= 11 is 16.9. The number of rotatable bonds is 1. The lowest BCUT2D eigenvalue weighted by molar-refractivity contribution is 1.31. The minimum atomic E-state index is 0.269. The van der Waals surface area contributed by atoms with Gasteiger partial charge in [0.25, 0.3) is 0 Å². The van der Waals surface area contributed by atoms with Crippen molar-refractivity contribution in [3.05, 3.63) is 31.7 Å². The van der Waals surface area contributed by atoms with Crippen LogP contribution in [-0.4, -0.2) is 15.0 Å². The van der Waals surface area contributed by atoms with Gasteiger partial charge in [0.15, 0.2) is 11.5 Å². The first kappa shape index (κ1) is 12.4. The number of hydrogen-bond donors (Lipinski definition) is 1. The summed E-state index contributed by atoms with van der Waals surface area (Å²) in [4.78, 5) is 12.8. The summed E-state index contributed by atoms with van der Waals surface area (Å²) in [5, 5.41) is 0.689. The largest absolute Gasteiger partial charge is 0.336 e. The van der Waals surface area contributed by atoms with E-state index in [9.17, 15) is 0 Å². The summed E-state index contributed by atoms with van der Waals surface area (Å²) in [5.74, 6) is 0.773. The van der Waals surface area contributed by atoms with Crippen LogP contribution in [-0.2, 0) is 0 Å². The predicted molar refractivity (Wildman–Crippen MR) is 79.7 cm³/mol. The molecule has 7 heteroatoms. The molecule has 0 unspecified atom stereocenters. The molecule has 92 valence electrons. The molecular formula is C11H6BrCl2N3S. The molecule has 0 amide bonds. The van der Waals surface area contributed by atoms with Crippen molar-refractivity contribution in [2.75, 3.05) is 0 Å². The van der Waals surface area contributed by atoms with Crippen molar-refractivity contribution in [1.29, 1.82) is 0 Å². The third-order valence-corrected chi connectivity index (χ3v) is 5.29. The second-order valence-corrected chi connectivity index (χ2v) is 6.92. The summed E-state index contributed by atoms with van der Waals surface area (Å²) < 4.78 is 1.10. The van der Waals surface area contributed by atoms with E-state index in [0.717, 1.165) is 20.0 Å². The van der Waals surface area contributed by atoms with Gasteiger partial charge in [0, 0.05) is 0 Å². The topological polar surface area (TPSA) is 41.6 Å². The van der Waals surface area contributed by atoms with E-state index >= 15 is 0 Å². The van der Waals surface area contributed by atoms with Gasteiger partial charge in [0.1, 0.15) is 5.15 Å². The molecule has 0 aliphatic rings. The first-order valence-corrected chi connectivity index (χ1v) is 7.39. The number of nitrogens with one attached hydrogen (secondary N) is 1. The molecule has 1 N–H and O–H groups in total. The molecule has 0 radical (unpaired) electrons. The maximum absolute atomic E-state index is 5.93. The molecule has 3 nitrogen and oxygen atoms in total. The monoisotopic (exact) mass is 361 g/mol. The molecule has 3 aromatic heterocycles. The van der Waals surface area contributed by atoms with E-state index in [4.69, 9.17) is 23.2 Å². The highest BCUT2D eigenvalue weighted by Crippen LogP contribution is 2.34. The molecule has 0 saturated carbocycles. The minimum Gasteiger partial charge on any atom is -0.336 e. The van der Waals surface area contributed by atoms with Crippen LogP contribution in [0.4, 0.5) is 0 Å². The van der Waals surface area contributed by atoms with Crippen LogP contribution in [0.2, 0.25) is 10.2 Å². The normalized spacial score (nSPS) is 11.3. The maximum atomic E-state index is 5.93. The summed E-state index contributed by atoms with van der Waals surface area (Å²) in [6, 6.07) is 3.80. The van der Waals surface area contributed by atoms with Gasteiger partial charge in [-0.2, -0.15) is 0 Å². The number of fused-ring (bicyclic) bond motifs is 1. The molecule has 0 bridgehead atoms. The van der Waals surface area contributed by atoms with Crippen LogP contribution < -0.4 is 0 Å². The van der Waals surface area contributed by atoms with Gasteiger partial charge in [-0.15, -0.1) is 11.3 Å². The summed E-state index contributed by atoms with van der Waals surface area (Å²) in [7, 11) is 0. The average molecular weight is 363 g/mol. The Bertz CT molecular complexity index is 692. The zero-order chi connectivity index (χ0) is 12.9. The quantitative estimate of drug-likeness (QED) is 0.614. The molecule has 0 aliphatic heterocycles. The van der Waals surface area contributed by atoms with E-state index in [1.807, 2.05) is 6.92 Å². The van der Waals surface area contributed by atoms with Gasteiger partial charge in [0.2, 0.25) is 0 Å². The number of halogens is 3. The van der Waals surface area contributed by atoms with Crippen molar-refractivity contribution < 1.29 is 0 Å². The Hall–Kier alpha value is -0.620. The molecule has 0 saturated heterocycles. The molecule has 0 spiro atoms. The predicted octanol–water partition coefficient (Wildman–Crippen LogP) is 5.06. The Morgan fingerprint density at radius 3 is 2.72 bits per heavy atom. The molecule has 0 fully saturated rings. The van der Waals surface area contributed by atoms with Crippen LogP contribution in [0.5, 0.6) is 0 Å². The van der Waals surface area contributed by atoms with Crippen molar-refractivity contribution >= 4 is 61.6 Å². The number of nitrogens with zero attached hydrogens (tertiary/aromatic N) is 2. The summed E-state index contributed by atoms with van der Waals surface area (Å²) in [6.07, 6.45) is 0. The third-order valence-electron chi connectivity index (χ3n) is 2.47. The molecular weight excluding hydrogens is 357 g/mol. The second-order valence-electron chi connectivity index (χ2n) is 3.78. The average Bonchev–Trinajstić information content (AvgIpc) is 2.84. The second kappa shape index (κ2) is 4.49. The lowest BCUT2D eigenvalue weighted by Crippen LogP contribution is -1.79. The Morgan fingerprint density at radius 1 is 1.28 bits per heavy atom. The van der Waals surface area contributed by atoms with Crippen molar-refractivity contribution in [3.63, 3.8) is 0 Å². The van der Waals surface area contributed by atoms with Gasteiger partial charge in [-0.1, -0.05) is 23.2 Å². The number of hydrogen-bond acceptors (Lipinski definition) is 3. The van der Waals surface area contributed by atoms with E-state index in [2.05, 4.69) is 36.9 Å². The Morgan fingerprint density at radius 2 is 2.06 bits per heavy atom. The Labute approximate surface area is 125 Å². The van der Waals surface area contributed by atoms with E-state index in [1.165, 1.54) is 5.56 Å². The van der Waals surface area contributed by atoms with Crippen LogP contribution in [0, 0.1) is 6.92 Å². The molecule has 0 atom stereocenters. The van der Waals surface area contributed by atoms with Gasteiger partial charge in [0.05, 0.1) is 19.2 Å². The standard InChI is InChI=1S/C11H6BrCl2N3S/c1-4-2-7(18-8(4)12)11-15-6-3-5(13)9(14)16-10(6)17-11/h2-3H,1H3,(H,15,16,17). The molecule has 3 heterocycles. The van der Waals surface area contributed by atoms with E-state index < -0.39 is 0 Å². The Balaban J connectivity index is 2.19. The first-order chi connectivity index (χ1) is 8.54. The number of thiophene rings is 1. The number of aromatic amines is 1. The van der Waals surface area contributed by atoms with Crippen molar-refractivity contribution in [3.8, 4) is 10.7 Å². The van der Waals surface area contributed by atoms with Gasteiger partial charge in [-0.05, 0) is 40.5 Å². The first-order valence-electron chi connectivity index (χ1n) is 5.02. The van der Waals surface area contributed by atoms with Crippen LogP contribution in [0.3, 0.4) is 0 Å². The number of pyridine rings is 1. The molecule has 0 aliphatic carbocycles. The van der Waals surface area contributed by atoms with Crippen molar-refractivity contribution in [1.82, 2.24) is 15.0 Å². The zero-order valence-electron chi connectivity index (χ0n) is 9.09. The number of H-pyrrole nitrogens is 1. The molecule has 18 heavy (non-hydrogen) atoms. The molecule has 0 aromatic carbocycles. The van der Waals surface area contributed by atoms with Crippen molar-refractivity contribution in [2.24, 2.45) is 0 Å². The highest BCUT2D eigenvalue weighted by atomic mass is 79.9. The maximum Gasteiger partial charge on any atom is 0.179 e. The zero-order valence-corrected chi connectivity index (χ0v) is 13.0. The highest BCUT2D eigenvalue weighted by molar-refractivity contribution is 9.11. The fourth-order valence-electron chi connectivity index (χ4n) is 1.59. The third kappa shape index (κ3) is 2.05. The Kier molecular flexibility index (Phi) is 3.10. The van der Waals surface area contributed by atoms with Crippen LogP contribution in [0.25, 0.3) is 21.9 Å². The number of aryl methyl sites for hydroxylation is 1. The van der Waals surface area contributed by atoms with Gasteiger partial charge in [-0.3, -0.25) is 0 Å². The fraction of sp³-hybridized carbons (Fsp3) is 0.0909. The lowest BCUT2D eigenvalue weighted by Gasteiger charge is -1.92. The molecule has 3 rings (SSSR count). The smallest absolute Gasteiger partial charge is 0.179 e. The fourth-order valence-corrected chi connectivity index (χ4v) is 3.35. The summed E-state index contributed by atoms with van der Waals surface area (Å²) in [6.45, 7) is 2.04. The van der Waals surface area contributed by atoms with Crippen LogP contribution in [0.1, 0.15) is 5.56 Å². The minimum absolute atomic E-state index is 0.269. The van der Waals surface area contributed by atoms with E-state index in [0.29, 0.717) is 10.7 Å². The number of imidazole rings is 1. The van der Waals surface area contributed by atoms with Gasteiger partial charge in [-0.25, -0.2) is 9.97 Å². The van der Waals surface area contributed by atoms with Crippen LogP contribution in [0.15, 0.2) is 15.9 Å².